The summed E-state index contributed by atoms with van der Waals surface area (Å²) >= 11 is -1.07. The Kier molecular flexibility index (Phi) is 2.21. The minimum atomic E-state index is -1.07. The molecule has 1 aromatic rings. The fraction of sp³-hybridized carbons (Fsp3) is 0. The van der Waals surface area contributed by atoms with Crippen molar-refractivity contribution in [3.8, 4) is 0 Å². The summed E-state index contributed by atoms with van der Waals surface area (Å²) < 4.78 is 3.36. The van der Waals surface area contributed by atoms with Crippen molar-refractivity contribution in [2.75, 3.05) is 4.33 Å². The van der Waals surface area contributed by atoms with Crippen molar-refractivity contribution in [2.45, 2.75) is 0 Å². The summed E-state index contributed by atoms with van der Waals surface area (Å²) in [6.07, 6.45) is 7.45. The molecule has 0 saturated carbocycles. The molecule has 12 heavy (non-hydrogen) atoms. The first-order valence-corrected chi connectivity index (χ1v) is 6.72. The third-order valence-corrected chi connectivity index (χ3v) is 4.52. The van der Waals surface area contributed by atoms with Gasteiger partial charge in [0.15, 0.2) is 0 Å². The van der Waals surface area contributed by atoms with Gasteiger partial charge in [-0.25, -0.2) is 0 Å². The normalized spacial score (nSPS) is 16.8. The van der Waals surface area contributed by atoms with E-state index in [2.05, 4.69) is 36.4 Å². The summed E-state index contributed by atoms with van der Waals surface area (Å²) in [6, 6.07) is 1.88. The van der Waals surface area contributed by atoms with Gasteiger partial charge in [0.1, 0.15) is 0 Å². The third-order valence-electron chi connectivity index (χ3n) is 1.43. The fourth-order valence-electron chi connectivity index (χ4n) is 0.898. The first-order chi connectivity index (χ1) is 5.95. The van der Waals surface area contributed by atoms with Crippen LogP contribution >= 0.6 is 0 Å². The number of nitrogens with zero attached hydrogens (tertiary/aromatic N) is 2. The molecule has 1 aliphatic rings. The van der Waals surface area contributed by atoms with E-state index in [1.165, 1.54) is 0 Å². The summed E-state index contributed by atoms with van der Waals surface area (Å²) in [7, 11) is 0. The van der Waals surface area contributed by atoms with Crippen LogP contribution in [0.15, 0.2) is 40.7 Å². The van der Waals surface area contributed by atoms with E-state index in [1.54, 1.807) is 12.5 Å². The molecule has 2 rings (SSSR count). The van der Waals surface area contributed by atoms with E-state index in [-0.39, 0.29) is 0 Å². The summed E-state index contributed by atoms with van der Waals surface area (Å²) in [5.74, 6) is 0.918. The number of anilines is 1. The molecule has 0 fully saturated rings. The van der Waals surface area contributed by atoms with Gasteiger partial charge < -0.3 is 0 Å². The molecule has 2 heterocycles. The van der Waals surface area contributed by atoms with Crippen molar-refractivity contribution < 1.29 is 0 Å². The first kappa shape index (κ1) is 7.52. The van der Waals surface area contributed by atoms with Crippen molar-refractivity contribution >= 4 is 19.9 Å². The Morgan fingerprint density at radius 1 is 1.25 bits per heavy atom. The number of rotatable bonds is 2. The quantitative estimate of drug-likeness (QED) is 0.758. The average molecular weight is 226 g/mol. The van der Waals surface area contributed by atoms with Crippen molar-refractivity contribution in [2.24, 2.45) is 0 Å². The Labute approximate surface area is 75.3 Å². The van der Waals surface area contributed by atoms with Crippen LogP contribution in [0.1, 0.15) is 0 Å². The molecule has 1 aliphatic heterocycles. The van der Waals surface area contributed by atoms with Gasteiger partial charge in [-0.15, -0.1) is 0 Å². The topological polar surface area (TPSA) is 37.8 Å². The Morgan fingerprint density at radius 2 is 2.08 bits per heavy atom. The van der Waals surface area contributed by atoms with Crippen molar-refractivity contribution in [3.05, 3.63) is 40.7 Å². The maximum atomic E-state index is 4.09. The molecule has 0 unspecified atom stereocenters. The van der Waals surface area contributed by atoms with Crippen molar-refractivity contribution in [1.29, 1.82) is 0 Å². The van der Waals surface area contributed by atoms with E-state index in [4.69, 9.17) is 0 Å². The van der Waals surface area contributed by atoms with Gasteiger partial charge >= 0.3 is 74.9 Å². The van der Waals surface area contributed by atoms with Gasteiger partial charge in [-0.2, -0.15) is 0 Å². The third kappa shape index (κ3) is 1.72. The zero-order chi connectivity index (χ0) is 8.23. The SMILES string of the molecule is C1=C[SeH](Nc2ccncn2)C=C1. The van der Waals surface area contributed by atoms with Crippen molar-refractivity contribution in [3.63, 3.8) is 0 Å². The molecule has 0 saturated heterocycles. The molecule has 4 heteroatoms. The monoisotopic (exact) mass is 227 g/mol. The fourth-order valence-corrected chi connectivity index (χ4v) is 3.45. The van der Waals surface area contributed by atoms with Gasteiger partial charge in [0.05, 0.1) is 0 Å². The predicted octanol–water partition coefficient (Wildman–Crippen LogP) is 0.817. The maximum absolute atomic E-state index is 4.09. The second kappa shape index (κ2) is 3.52. The predicted molar refractivity (Wildman–Crippen MR) is 51.1 cm³/mol. The number of allylic oxidation sites excluding steroid dienone is 2. The van der Waals surface area contributed by atoms with E-state index in [0.717, 1.165) is 5.82 Å². The molecule has 0 atom stereocenters. The summed E-state index contributed by atoms with van der Waals surface area (Å²) in [5.41, 5.74) is 0. The van der Waals surface area contributed by atoms with Crippen LogP contribution in [0.4, 0.5) is 5.82 Å². The zero-order valence-corrected chi connectivity index (χ0v) is 8.26. The second-order valence-electron chi connectivity index (χ2n) is 2.30. The minimum absolute atomic E-state index is 0.918. The number of hydrogen-bond acceptors (Lipinski definition) is 3. The Bertz CT molecular complexity index is 295. The molecular formula is C8H9N3Se. The van der Waals surface area contributed by atoms with Crippen LogP contribution in [0.5, 0.6) is 0 Å². The number of aromatic nitrogens is 2. The molecule has 0 spiro atoms. The molecule has 0 bridgehead atoms. The number of nitrogens with one attached hydrogen (secondary N) is 1. The average Bonchev–Trinajstić information content (AvgIpc) is 2.59. The Morgan fingerprint density at radius 3 is 2.75 bits per heavy atom. The van der Waals surface area contributed by atoms with Crippen LogP contribution in [0.3, 0.4) is 0 Å². The molecular weight excluding hydrogens is 217 g/mol. The van der Waals surface area contributed by atoms with E-state index in [1.807, 2.05) is 6.07 Å². The van der Waals surface area contributed by atoms with Crippen LogP contribution in [0.2, 0.25) is 0 Å². The standard InChI is InChI=1S/C8H9N3Se/c1-2-6-12(5-1)11-8-3-4-9-7-10-8/h1-7,12H,(H,9,10,11). The van der Waals surface area contributed by atoms with Crippen LogP contribution in [0.25, 0.3) is 0 Å². The molecule has 62 valence electrons. The van der Waals surface area contributed by atoms with Crippen LogP contribution in [-0.4, -0.2) is 24.1 Å². The van der Waals surface area contributed by atoms with Crippen LogP contribution in [0, 0.1) is 0 Å². The zero-order valence-electron chi connectivity index (χ0n) is 6.38. The van der Waals surface area contributed by atoms with Crippen molar-refractivity contribution in [1.82, 2.24) is 9.97 Å². The van der Waals surface area contributed by atoms with Gasteiger partial charge in [0, 0.05) is 0 Å². The molecule has 1 aromatic heterocycles. The molecule has 0 aromatic carbocycles. The second-order valence-corrected chi connectivity index (χ2v) is 5.73. The first-order valence-electron chi connectivity index (χ1n) is 3.61. The van der Waals surface area contributed by atoms with E-state index < -0.39 is 14.1 Å². The molecule has 1 N–H and O–H groups in total. The van der Waals surface area contributed by atoms with Gasteiger partial charge in [-0.1, -0.05) is 0 Å². The van der Waals surface area contributed by atoms with Gasteiger partial charge in [-0.3, -0.25) is 0 Å². The summed E-state index contributed by atoms with van der Waals surface area (Å²) in [4.78, 5) is 12.4. The van der Waals surface area contributed by atoms with Gasteiger partial charge in [0.2, 0.25) is 0 Å². The van der Waals surface area contributed by atoms with Gasteiger partial charge in [-0.05, 0) is 0 Å². The number of hydrogen-bond donors (Lipinski definition) is 1. The van der Waals surface area contributed by atoms with Gasteiger partial charge in [0.25, 0.3) is 0 Å². The van der Waals surface area contributed by atoms with Crippen LogP contribution < -0.4 is 4.33 Å². The summed E-state index contributed by atoms with van der Waals surface area (Å²) in [5, 5.41) is 0. The Hall–Kier alpha value is -1.12. The van der Waals surface area contributed by atoms with E-state index in [9.17, 15) is 0 Å². The molecule has 0 radical (unpaired) electrons. The van der Waals surface area contributed by atoms with Crippen LogP contribution in [-0.2, 0) is 0 Å². The molecule has 0 aliphatic carbocycles. The molecule has 0 amide bonds. The molecule has 3 nitrogen and oxygen atoms in total. The Balaban J connectivity index is 2.04. The van der Waals surface area contributed by atoms with E-state index in [0.29, 0.717) is 0 Å². The summed E-state index contributed by atoms with van der Waals surface area (Å²) in [6.45, 7) is 0. The van der Waals surface area contributed by atoms with E-state index >= 15 is 0 Å².